The van der Waals surface area contributed by atoms with Crippen LogP contribution in [0.3, 0.4) is 0 Å². The van der Waals surface area contributed by atoms with Crippen molar-refractivity contribution in [2.75, 3.05) is 7.11 Å². The van der Waals surface area contributed by atoms with E-state index in [1.807, 2.05) is 24.3 Å². The molecule has 0 aromatic heterocycles. The maximum atomic E-state index is 11.6. The number of hydrogen-bond donors (Lipinski definition) is 1. The summed E-state index contributed by atoms with van der Waals surface area (Å²) in [4.78, 5) is 11.6. The summed E-state index contributed by atoms with van der Waals surface area (Å²) >= 11 is 0. The number of fused-ring (bicyclic) bond motifs is 1. The van der Waals surface area contributed by atoms with Crippen LogP contribution in [0.25, 0.3) is 5.76 Å². The van der Waals surface area contributed by atoms with E-state index in [1.165, 1.54) is 7.11 Å². The molecule has 3 heteroatoms. The number of rotatable bonds is 1. The molecule has 1 aliphatic rings. The molecule has 2 rings (SSSR count). The second kappa shape index (κ2) is 5.04. The van der Waals surface area contributed by atoms with Gasteiger partial charge in [0, 0.05) is 5.56 Å². The molecule has 0 saturated heterocycles. The minimum atomic E-state index is -0.431. The number of carbonyl (C=O) groups is 1. The van der Waals surface area contributed by atoms with Crippen molar-refractivity contribution in [3.8, 4) is 0 Å². The van der Waals surface area contributed by atoms with Crippen LogP contribution in [0.4, 0.5) is 0 Å². The SMILES string of the molecule is COC(=O)/C1=C(\O)c2ccccc2CCCC1. The second-order valence-corrected chi connectivity index (χ2v) is 4.18. The van der Waals surface area contributed by atoms with Crippen LogP contribution in [0.15, 0.2) is 29.8 Å². The van der Waals surface area contributed by atoms with Gasteiger partial charge >= 0.3 is 5.97 Å². The van der Waals surface area contributed by atoms with Crippen molar-refractivity contribution in [1.82, 2.24) is 0 Å². The average Bonchev–Trinajstić information content (AvgIpc) is 2.35. The van der Waals surface area contributed by atoms with Gasteiger partial charge in [-0.15, -0.1) is 0 Å². The molecular formula is C14H16O3. The van der Waals surface area contributed by atoms with Crippen LogP contribution in [-0.4, -0.2) is 18.2 Å². The van der Waals surface area contributed by atoms with E-state index in [4.69, 9.17) is 4.74 Å². The van der Waals surface area contributed by atoms with Crippen LogP contribution in [0.5, 0.6) is 0 Å². The van der Waals surface area contributed by atoms with Gasteiger partial charge in [0.1, 0.15) is 5.76 Å². The normalized spacial score (nSPS) is 20.1. The van der Waals surface area contributed by atoms with E-state index in [9.17, 15) is 9.90 Å². The maximum Gasteiger partial charge on any atom is 0.337 e. The largest absolute Gasteiger partial charge is 0.507 e. The molecule has 3 nitrogen and oxygen atoms in total. The molecule has 0 bridgehead atoms. The highest BCUT2D eigenvalue weighted by atomic mass is 16.5. The lowest BCUT2D eigenvalue weighted by molar-refractivity contribution is -0.136. The van der Waals surface area contributed by atoms with Crippen LogP contribution < -0.4 is 0 Å². The lowest BCUT2D eigenvalue weighted by Crippen LogP contribution is -2.10. The average molecular weight is 232 g/mol. The van der Waals surface area contributed by atoms with Gasteiger partial charge in [0.25, 0.3) is 0 Å². The zero-order valence-corrected chi connectivity index (χ0v) is 9.90. The van der Waals surface area contributed by atoms with Gasteiger partial charge in [-0.2, -0.15) is 0 Å². The Morgan fingerprint density at radius 2 is 1.94 bits per heavy atom. The number of aliphatic hydroxyl groups excluding tert-OH is 1. The zero-order valence-electron chi connectivity index (χ0n) is 9.90. The molecule has 0 fully saturated rings. The van der Waals surface area contributed by atoms with Gasteiger partial charge in [0.15, 0.2) is 0 Å². The molecule has 90 valence electrons. The number of benzene rings is 1. The monoisotopic (exact) mass is 232 g/mol. The van der Waals surface area contributed by atoms with Gasteiger partial charge in [-0.05, 0) is 31.2 Å². The highest BCUT2D eigenvalue weighted by Gasteiger charge is 2.20. The Bertz CT molecular complexity index is 460. The van der Waals surface area contributed by atoms with Crippen molar-refractivity contribution in [2.45, 2.75) is 25.7 Å². The highest BCUT2D eigenvalue weighted by molar-refractivity contribution is 5.96. The Morgan fingerprint density at radius 3 is 2.71 bits per heavy atom. The zero-order chi connectivity index (χ0) is 12.3. The van der Waals surface area contributed by atoms with E-state index in [-0.39, 0.29) is 5.76 Å². The fraction of sp³-hybridized carbons (Fsp3) is 0.357. The second-order valence-electron chi connectivity index (χ2n) is 4.18. The molecule has 0 amide bonds. The first-order chi connectivity index (χ1) is 8.24. The van der Waals surface area contributed by atoms with Gasteiger partial charge in [-0.3, -0.25) is 0 Å². The Labute approximate surface area is 101 Å². The smallest absolute Gasteiger partial charge is 0.337 e. The number of aryl methyl sites for hydroxylation is 1. The number of hydrogen-bond acceptors (Lipinski definition) is 3. The molecule has 0 aliphatic heterocycles. The molecule has 1 aliphatic carbocycles. The summed E-state index contributed by atoms with van der Waals surface area (Å²) in [6, 6.07) is 7.65. The summed E-state index contributed by atoms with van der Waals surface area (Å²) in [5, 5.41) is 10.2. The summed E-state index contributed by atoms with van der Waals surface area (Å²) in [7, 11) is 1.34. The van der Waals surface area contributed by atoms with E-state index in [1.54, 1.807) is 0 Å². The minimum absolute atomic E-state index is 0.0761. The maximum absolute atomic E-state index is 11.6. The minimum Gasteiger partial charge on any atom is -0.507 e. The predicted octanol–water partition coefficient (Wildman–Crippen LogP) is 2.86. The summed E-state index contributed by atoms with van der Waals surface area (Å²) in [6.45, 7) is 0. The number of methoxy groups -OCH3 is 1. The van der Waals surface area contributed by atoms with Crippen molar-refractivity contribution in [3.63, 3.8) is 0 Å². The number of aliphatic hydroxyl groups is 1. The molecule has 0 spiro atoms. The topological polar surface area (TPSA) is 46.5 Å². The van der Waals surface area contributed by atoms with Crippen molar-refractivity contribution < 1.29 is 14.6 Å². The molecule has 0 saturated carbocycles. The van der Waals surface area contributed by atoms with Crippen molar-refractivity contribution >= 4 is 11.7 Å². The van der Waals surface area contributed by atoms with Crippen molar-refractivity contribution in [3.05, 3.63) is 41.0 Å². The van der Waals surface area contributed by atoms with Gasteiger partial charge < -0.3 is 9.84 Å². The lowest BCUT2D eigenvalue weighted by atomic mass is 9.92. The predicted molar refractivity (Wildman–Crippen MR) is 65.6 cm³/mol. The third-order valence-electron chi connectivity index (χ3n) is 3.11. The molecular weight excluding hydrogens is 216 g/mol. The van der Waals surface area contributed by atoms with Crippen LogP contribution >= 0.6 is 0 Å². The summed E-state index contributed by atoms with van der Waals surface area (Å²) in [6.07, 6.45) is 3.43. The molecule has 0 unspecified atom stereocenters. The number of esters is 1. The molecule has 1 aromatic carbocycles. The van der Waals surface area contributed by atoms with Crippen LogP contribution in [0.2, 0.25) is 0 Å². The van der Waals surface area contributed by atoms with Crippen LogP contribution in [-0.2, 0) is 16.0 Å². The van der Waals surface area contributed by atoms with E-state index in [0.29, 0.717) is 12.0 Å². The highest BCUT2D eigenvalue weighted by Crippen LogP contribution is 2.28. The first kappa shape index (κ1) is 11.7. The van der Waals surface area contributed by atoms with Crippen molar-refractivity contribution in [1.29, 1.82) is 0 Å². The van der Waals surface area contributed by atoms with E-state index < -0.39 is 5.97 Å². The molecule has 17 heavy (non-hydrogen) atoms. The van der Waals surface area contributed by atoms with Crippen molar-refractivity contribution in [2.24, 2.45) is 0 Å². The van der Waals surface area contributed by atoms with E-state index >= 15 is 0 Å². The molecule has 0 radical (unpaired) electrons. The fourth-order valence-corrected chi connectivity index (χ4v) is 2.19. The quantitative estimate of drug-likeness (QED) is 0.757. The summed E-state index contributed by atoms with van der Waals surface area (Å²) < 4.78 is 4.71. The fourth-order valence-electron chi connectivity index (χ4n) is 2.19. The van der Waals surface area contributed by atoms with Gasteiger partial charge in [-0.1, -0.05) is 24.3 Å². The summed E-state index contributed by atoms with van der Waals surface area (Å²) in [5.74, 6) is -0.355. The van der Waals surface area contributed by atoms with E-state index in [2.05, 4.69) is 0 Å². The van der Waals surface area contributed by atoms with Crippen LogP contribution in [0, 0.1) is 0 Å². The number of ether oxygens (including phenoxy) is 1. The first-order valence-electron chi connectivity index (χ1n) is 5.82. The van der Waals surface area contributed by atoms with Crippen LogP contribution in [0.1, 0.15) is 30.4 Å². The number of carbonyl (C=O) groups excluding carboxylic acids is 1. The summed E-state index contributed by atoms with van der Waals surface area (Å²) in [5.41, 5.74) is 2.23. The molecule has 1 aromatic rings. The molecule has 0 heterocycles. The third-order valence-corrected chi connectivity index (χ3v) is 3.11. The Hall–Kier alpha value is -1.77. The standard InChI is InChI=1S/C14H16O3/c1-17-14(16)12-9-5-3-7-10-6-2-4-8-11(10)13(12)15/h2,4,6,8,15H,3,5,7,9H2,1H3/b13-12-. The lowest BCUT2D eigenvalue weighted by Gasteiger charge is -2.16. The molecule has 0 atom stereocenters. The Kier molecular flexibility index (Phi) is 3.47. The van der Waals surface area contributed by atoms with Gasteiger partial charge in [0.2, 0.25) is 0 Å². The first-order valence-corrected chi connectivity index (χ1v) is 5.82. The van der Waals surface area contributed by atoms with Gasteiger partial charge in [0.05, 0.1) is 12.7 Å². The Balaban J connectivity index is 2.52. The molecule has 1 N–H and O–H groups in total. The Morgan fingerprint density at radius 1 is 1.24 bits per heavy atom. The van der Waals surface area contributed by atoms with Gasteiger partial charge in [-0.25, -0.2) is 4.79 Å². The third kappa shape index (κ3) is 2.33. The van der Waals surface area contributed by atoms with E-state index in [0.717, 1.165) is 30.4 Å².